The number of fused-ring (bicyclic) bond motifs is 1. The summed E-state index contributed by atoms with van der Waals surface area (Å²) in [5, 5.41) is 0.591. The maximum Gasteiger partial charge on any atom is 0.268 e. The first-order chi connectivity index (χ1) is 13.6. The summed E-state index contributed by atoms with van der Waals surface area (Å²) in [5.41, 5.74) is 3.15. The van der Waals surface area contributed by atoms with Crippen LogP contribution in [0.5, 0.6) is 5.75 Å². The van der Waals surface area contributed by atoms with E-state index in [2.05, 4.69) is 4.98 Å². The van der Waals surface area contributed by atoms with Crippen LogP contribution in [0.2, 0.25) is 0 Å². The topological polar surface area (TPSA) is 59.5 Å². The lowest BCUT2D eigenvalue weighted by molar-refractivity contribution is 0.0925. The molecule has 1 aliphatic heterocycles. The number of hydrogen-bond donors (Lipinski definition) is 0. The highest BCUT2D eigenvalue weighted by Gasteiger charge is 2.39. The molecule has 5 nitrogen and oxygen atoms in total. The van der Waals surface area contributed by atoms with Gasteiger partial charge in [0, 0.05) is 11.4 Å². The molecule has 0 atom stereocenters. The molecule has 0 aliphatic carbocycles. The zero-order valence-corrected chi connectivity index (χ0v) is 16.3. The Morgan fingerprint density at radius 3 is 2.39 bits per heavy atom. The highest BCUT2D eigenvalue weighted by atomic mass is 32.2. The van der Waals surface area contributed by atoms with Gasteiger partial charge in [0.1, 0.15) is 10.8 Å². The Morgan fingerprint density at radius 2 is 1.71 bits per heavy atom. The molecule has 0 unspecified atom stereocenters. The van der Waals surface area contributed by atoms with Gasteiger partial charge >= 0.3 is 0 Å². The Bertz CT molecular complexity index is 1050. The monoisotopic (exact) mass is 390 g/mol. The lowest BCUT2D eigenvalue weighted by Gasteiger charge is -2.14. The summed E-state index contributed by atoms with van der Waals surface area (Å²) in [6.07, 6.45) is 0. The predicted octanol–water partition coefficient (Wildman–Crippen LogP) is 4.49. The lowest BCUT2D eigenvalue weighted by Crippen LogP contribution is -2.29. The fraction of sp³-hybridized carbons (Fsp3) is 0.136. The number of aryl methyl sites for hydroxylation is 1. The van der Waals surface area contributed by atoms with Crippen LogP contribution in [0.1, 0.15) is 32.0 Å². The van der Waals surface area contributed by atoms with Crippen molar-refractivity contribution < 1.29 is 14.3 Å². The predicted molar refractivity (Wildman–Crippen MR) is 109 cm³/mol. The highest BCUT2D eigenvalue weighted by molar-refractivity contribution is 7.98. The van der Waals surface area contributed by atoms with Crippen molar-refractivity contribution in [2.75, 3.05) is 12.0 Å². The molecular formula is C22H18N2O3S. The van der Waals surface area contributed by atoms with Crippen LogP contribution in [-0.2, 0) is 5.75 Å². The number of amides is 2. The van der Waals surface area contributed by atoms with Gasteiger partial charge in [0.2, 0.25) is 0 Å². The third-order valence-corrected chi connectivity index (χ3v) is 5.56. The Labute approximate surface area is 167 Å². The van der Waals surface area contributed by atoms with Gasteiger partial charge in [-0.05, 0) is 42.8 Å². The van der Waals surface area contributed by atoms with E-state index in [1.807, 2.05) is 37.3 Å². The van der Waals surface area contributed by atoms with Crippen molar-refractivity contribution in [3.63, 3.8) is 0 Å². The number of benzene rings is 2. The lowest BCUT2D eigenvalue weighted by atomic mass is 10.1. The SMILES string of the molecule is COc1ccc(N2C(=O)c3cc(C)nc(SCc4ccccc4)c3C2=O)cc1. The van der Waals surface area contributed by atoms with E-state index in [1.54, 1.807) is 37.4 Å². The van der Waals surface area contributed by atoms with Crippen LogP contribution in [0.4, 0.5) is 5.69 Å². The molecule has 140 valence electrons. The first kappa shape index (κ1) is 18.3. The van der Waals surface area contributed by atoms with E-state index in [4.69, 9.17) is 4.74 Å². The van der Waals surface area contributed by atoms with Crippen molar-refractivity contribution >= 4 is 29.3 Å². The highest BCUT2D eigenvalue weighted by Crippen LogP contribution is 2.35. The van der Waals surface area contributed by atoms with Gasteiger partial charge in [0.05, 0.1) is 23.9 Å². The Balaban J connectivity index is 1.68. The van der Waals surface area contributed by atoms with Crippen LogP contribution in [0.25, 0.3) is 0 Å². The first-order valence-corrected chi connectivity index (χ1v) is 9.78. The molecule has 0 bridgehead atoms. The van der Waals surface area contributed by atoms with E-state index < -0.39 is 0 Å². The third-order valence-electron chi connectivity index (χ3n) is 4.51. The second kappa shape index (κ2) is 7.48. The summed E-state index contributed by atoms with van der Waals surface area (Å²) < 4.78 is 5.15. The average molecular weight is 390 g/mol. The van der Waals surface area contributed by atoms with E-state index in [0.29, 0.717) is 39.0 Å². The molecule has 0 N–H and O–H groups in total. The summed E-state index contributed by atoms with van der Waals surface area (Å²) in [6, 6.07) is 18.5. The maximum absolute atomic E-state index is 13.1. The largest absolute Gasteiger partial charge is 0.497 e. The molecule has 2 heterocycles. The molecule has 2 amide bonds. The number of imide groups is 1. The Hall–Kier alpha value is -3.12. The molecule has 2 aromatic carbocycles. The number of hydrogen-bond acceptors (Lipinski definition) is 5. The third kappa shape index (κ3) is 3.27. The van der Waals surface area contributed by atoms with Gasteiger partial charge in [0.15, 0.2) is 0 Å². The second-order valence-electron chi connectivity index (χ2n) is 6.41. The molecule has 1 aromatic heterocycles. The fourth-order valence-electron chi connectivity index (χ4n) is 3.14. The van der Waals surface area contributed by atoms with Gasteiger partial charge < -0.3 is 4.74 Å². The van der Waals surface area contributed by atoms with E-state index >= 15 is 0 Å². The average Bonchev–Trinajstić information content (AvgIpc) is 2.97. The molecular weight excluding hydrogens is 372 g/mol. The molecule has 0 fully saturated rings. The van der Waals surface area contributed by atoms with E-state index in [-0.39, 0.29) is 11.8 Å². The normalized spacial score (nSPS) is 13.0. The van der Waals surface area contributed by atoms with Crippen molar-refractivity contribution in [1.29, 1.82) is 0 Å². The fourth-order valence-corrected chi connectivity index (χ4v) is 4.19. The maximum atomic E-state index is 13.1. The summed E-state index contributed by atoms with van der Waals surface area (Å²) in [4.78, 5) is 31.9. The molecule has 3 aromatic rings. The number of anilines is 1. The summed E-state index contributed by atoms with van der Waals surface area (Å²) in [5.74, 6) is 0.677. The van der Waals surface area contributed by atoms with Crippen molar-refractivity contribution in [2.45, 2.75) is 17.7 Å². The van der Waals surface area contributed by atoms with Gasteiger partial charge in [-0.2, -0.15) is 0 Å². The Kier molecular flexibility index (Phi) is 4.88. The number of methoxy groups -OCH3 is 1. The van der Waals surface area contributed by atoms with Crippen LogP contribution in [0.15, 0.2) is 65.7 Å². The summed E-state index contributed by atoms with van der Waals surface area (Å²) in [6.45, 7) is 1.83. The number of aromatic nitrogens is 1. The molecule has 28 heavy (non-hydrogen) atoms. The van der Waals surface area contributed by atoms with E-state index in [1.165, 1.54) is 16.7 Å². The zero-order chi connectivity index (χ0) is 19.7. The van der Waals surface area contributed by atoms with Gasteiger partial charge in [-0.1, -0.05) is 30.3 Å². The minimum absolute atomic E-state index is 0.322. The number of pyridine rings is 1. The summed E-state index contributed by atoms with van der Waals surface area (Å²) in [7, 11) is 1.57. The quantitative estimate of drug-likeness (QED) is 0.474. The smallest absolute Gasteiger partial charge is 0.268 e. The first-order valence-electron chi connectivity index (χ1n) is 8.79. The second-order valence-corrected chi connectivity index (χ2v) is 7.37. The minimum Gasteiger partial charge on any atom is -0.497 e. The molecule has 4 rings (SSSR count). The van der Waals surface area contributed by atoms with Crippen LogP contribution < -0.4 is 9.64 Å². The minimum atomic E-state index is -0.340. The van der Waals surface area contributed by atoms with Crippen molar-refractivity contribution in [2.24, 2.45) is 0 Å². The summed E-state index contributed by atoms with van der Waals surface area (Å²) >= 11 is 1.47. The van der Waals surface area contributed by atoms with Crippen LogP contribution >= 0.6 is 11.8 Å². The van der Waals surface area contributed by atoms with E-state index in [0.717, 1.165) is 5.56 Å². The molecule has 6 heteroatoms. The number of thioether (sulfide) groups is 1. The molecule has 0 radical (unpaired) electrons. The number of ether oxygens (including phenoxy) is 1. The van der Waals surface area contributed by atoms with Gasteiger partial charge in [-0.3, -0.25) is 9.59 Å². The zero-order valence-electron chi connectivity index (χ0n) is 15.5. The standard InChI is InChI=1S/C22H18N2O3S/c1-14-12-18-19(20(23-14)28-13-15-6-4-3-5-7-15)22(26)24(21(18)25)16-8-10-17(27-2)11-9-16/h3-12H,13H2,1-2H3. The van der Waals surface area contributed by atoms with Crippen LogP contribution in [0.3, 0.4) is 0 Å². The van der Waals surface area contributed by atoms with Crippen LogP contribution in [-0.4, -0.2) is 23.9 Å². The van der Waals surface area contributed by atoms with Crippen LogP contribution in [0, 0.1) is 6.92 Å². The number of rotatable bonds is 5. The molecule has 0 saturated heterocycles. The van der Waals surface area contributed by atoms with Gasteiger partial charge in [-0.15, -0.1) is 11.8 Å². The van der Waals surface area contributed by atoms with Gasteiger partial charge in [0.25, 0.3) is 11.8 Å². The van der Waals surface area contributed by atoms with Gasteiger partial charge in [-0.25, -0.2) is 9.88 Å². The molecule has 0 saturated carbocycles. The Morgan fingerprint density at radius 1 is 1.00 bits per heavy atom. The van der Waals surface area contributed by atoms with Crippen molar-refractivity contribution in [1.82, 2.24) is 4.98 Å². The number of carbonyl (C=O) groups is 2. The van der Waals surface area contributed by atoms with E-state index in [9.17, 15) is 9.59 Å². The molecule has 1 aliphatic rings. The van der Waals surface area contributed by atoms with Crippen molar-refractivity contribution in [3.8, 4) is 5.75 Å². The van der Waals surface area contributed by atoms with Crippen molar-refractivity contribution in [3.05, 3.63) is 83.0 Å². The number of nitrogens with zero attached hydrogens (tertiary/aromatic N) is 2. The molecule has 0 spiro atoms. The number of carbonyl (C=O) groups excluding carboxylic acids is 2.